The maximum Gasteiger partial charge on any atom is 0.259 e. The predicted octanol–water partition coefficient (Wildman–Crippen LogP) is 3.69. The minimum Gasteiger partial charge on any atom is -0.338 e. The first-order valence-corrected chi connectivity index (χ1v) is 6.64. The predicted molar refractivity (Wildman–Crippen MR) is 80.6 cm³/mol. The molecule has 0 atom stereocenters. The summed E-state index contributed by atoms with van der Waals surface area (Å²) in [6.45, 7) is 6.31. The van der Waals surface area contributed by atoms with Crippen molar-refractivity contribution >= 4 is 23.1 Å². The van der Waals surface area contributed by atoms with Crippen LogP contribution in [0, 0.1) is 0 Å². The number of anilines is 3. The highest BCUT2D eigenvalue weighted by atomic mass is 16.1. The van der Waals surface area contributed by atoms with Crippen LogP contribution in [0.3, 0.4) is 0 Å². The van der Waals surface area contributed by atoms with Crippen molar-refractivity contribution in [2.75, 3.05) is 10.6 Å². The van der Waals surface area contributed by atoms with E-state index in [1.165, 1.54) is 0 Å². The van der Waals surface area contributed by atoms with Crippen LogP contribution < -0.4 is 10.6 Å². The normalized spacial score (nSPS) is 13.7. The molecule has 2 aromatic rings. The minimum absolute atomic E-state index is 0.0565. The van der Waals surface area contributed by atoms with E-state index in [0.717, 1.165) is 17.1 Å². The van der Waals surface area contributed by atoms with E-state index in [-0.39, 0.29) is 11.3 Å². The molecule has 0 fully saturated rings. The lowest BCUT2D eigenvalue weighted by molar-refractivity contribution is 0.102. The first kappa shape index (κ1) is 12.7. The van der Waals surface area contributed by atoms with Gasteiger partial charge in [-0.1, -0.05) is 32.9 Å². The number of rotatable bonds is 0. The van der Waals surface area contributed by atoms with Crippen LogP contribution in [0.4, 0.5) is 17.2 Å². The van der Waals surface area contributed by atoms with Gasteiger partial charge < -0.3 is 10.6 Å². The molecule has 4 heteroatoms. The summed E-state index contributed by atoms with van der Waals surface area (Å²) in [5.41, 5.74) is 3.09. The summed E-state index contributed by atoms with van der Waals surface area (Å²) in [4.78, 5) is 16.9. The summed E-state index contributed by atoms with van der Waals surface area (Å²) in [5, 5.41) is 6.15. The largest absolute Gasteiger partial charge is 0.338 e. The molecule has 20 heavy (non-hydrogen) atoms. The fourth-order valence-electron chi connectivity index (χ4n) is 2.17. The van der Waals surface area contributed by atoms with E-state index in [4.69, 9.17) is 0 Å². The quantitative estimate of drug-likeness (QED) is 0.765. The van der Waals surface area contributed by atoms with Crippen LogP contribution in [-0.4, -0.2) is 10.9 Å². The van der Waals surface area contributed by atoms with Gasteiger partial charge in [0, 0.05) is 11.1 Å². The number of nitrogens with zero attached hydrogens (tertiary/aromatic N) is 1. The van der Waals surface area contributed by atoms with Crippen molar-refractivity contribution in [3.63, 3.8) is 0 Å². The molecule has 3 rings (SSSR count). The number of carbonyl (C=O) groups excluding carboxylic acids is 1. The summed E-state index contributed by atoms with van der Waals surface area (Å²) < 4.78 is 0. The van der Waals surface area contributed by atoms with Crippen molar-refractivity contribution < 1.29 is 4.79 Å². The zero-order chi connectivity index (χ0) is 14.3. The molecular weight excluding hydrogens is 250 g/mol. The summed E-state index contributed by atoms with van der Waals surface area (Å²) >= 11 is 0. The highest BCUT2D eigenvalue weighted by Gasteiger charge is 2.23. The smallest absolute Gasteiger partial charge is 0.259 e. The average Bonchev–Trinajstić information content (AvgIpc) is 2.53. The van der Waals surface area contributed by atoms with Crippen molar-refractivity contribution in [1.82, 2.24) is 4.98 Å². The monoisotopic (exact) mass is 267 g/mol. The molecule has 0 spiro atoms. The van der Waals surface area contributed by atoms with Gasteiger partial charge in [-0.25, -0.2) is 4.98 Å². The van der Waals surface area contributed by atoms with Crippen molar-refractivity contribution in [3.05, 3.63) is 47.7 Å². The third-order valence-electron chi connectivity index (χ3n) is 3.34. The van der Waals surface area contributed by atoms with Crippen LogP contribution in [0.25, 0.3) is 0 Å². The molecule has 0 aliphatic carbocycles. The molecule has 4 nitrogen and oxygen atoms in total. The Kier molecular flexibility index (Phi) is 2.74. The molecule has 1 aliphatic rings. The Balaban J connectivity index is 2.13. The molecule has 0 radical (unpaired) electrons. The highest BCUT2D eigenvalue weighted by Crippen LogP contribution is 2.32. The van der Waals surface area contributed by atoms with Crippen LogP contribution in [0.2, 0.25) is 0 Å². The lowest BCUT2D eigenvalue weighted by atomic mass is 9.91. The Morgan fingerprint density at radius 2 is 1.60 bits per heavy atom. The van der Waals surface area contributed by atoms with Gasteiger partial charge in [0.1, 0.15) is 5.82 Å². The topological polar surface area (TPSA) is 54.0 Å². The molecule has 0 unspecified atom stereocenters. The van der Waals surface area contributed by atoms with Gasteiger partial charge in [0.2, 0.25) is 0 Å². The number of nitrogens with one attached hydrogen (secondary N) is 2. The van der Waals surface area contributed by atoms with Crippen LogP contribution in [0.1, 0.15) is 36.8 Å². The summed E-state index contributed by atoms with van der Waals surface area (Å²) in [6, 6.07) is 11.4. The van der Waals surface area contributed by atoms with E-state index in [1.54, 1.807) is 0 Å². The lowest BCUT2D eigenvalue weighted by Gasteiger charge is -2.19. The van der Waals surface area contributed by atoms with Crippen molar-refractivity contribution in [3.8, 4) is 0 Å². The second-order valence-corrected chi connectivity index (χ2v) is 5.97. The van der Waals surface area contributed by atoms with Gasteiger partial charge in [-0.3, -0.25) is 4.79 Å². The first-order chi connectivity index (χ1) is 9.45. The van der Waals surface area contributed by atoms with Crippen molar-refractivity contribution in [2.24, 2.45) is 0 Å². The van der Waals surface area contributed by atoms with Gasteiger partial charge in [-0.15, -0.1) is 0 Å². The van der Waals surface area contributed by atoms with E-state index in [0.29, 0.717) is 11.4 Å². The molecule has 1 aliphatic heterocycles. The van der Waals surface area contributed by atoms with E-state index >= 15 is 0 Å². The third kappa shape index (κ3) is 2.13. The number of hydrogen-bond acceptors (Lipinski definition) is 3. The number of carbonyl (C=O) groups is 1. The zero-order valence-electron chi connectivity index (χ0n) is 11.8. The Bertz CT molecular complexity index is 686. The Labute approximate surface area is 118 Å². The fourth-order valence-corrected chi connectivity index (χ4v) is 2.17. The Morgan fingerprint density at radius 1 is 0.950 bits per heavy atom. The molecule has 1 amide bonds. The van der Waals surface area contributed by atoms with Gasteiger partial charge in [-0.2, -0.15) is 0 Å². The fraction of sp³-hybridized carbons (Fsp3) is 0.250. The third-order valence-corrected chi connectivity index (χ3v) is 3.34. The summed E-state index contributed by atoms with van der Waals surface area (Å²) in [6.07, 6.45) is 0. The number of aromatic nitrogens is 1. The maximum absolute atomic E-state index is 12.2. The number of pyridine rings is 1. The second kappa shape index (κ2) is 4.34. The van der Waals surface area contributed by atoms with E-state index < -0.39 is 0 Å². The molecule has 1 aromatic carbocycles. The zero-order valence-corrected chi connectivity index (χ0v) is 11.8. The van der Waals surface area contributed by atoms with Gasteiger partial charge in [0.05, 0.1) is 16.9 Å². The molecular formula is C16H17N3O. The van der Waals surface area contributed by atoms with Gasteiger partial charge in [-0.05, 0) is 24.3 Å². The Morgan fingerprint density at radius 3 is 2.25 bits per heavy atom. The van der Waals surface area contributed by atoms with Crippen LogP contribution in [0.5, 0.6) is 0 Å². The van der Waals surface area contributed by atoms with Gasteiger partial charge in [0.25, 0.3) is 5.91 Å². The summed E-state index contributed by atoms with van der Waals surface area (Å²) in [7, 11) is 0. The van der Waals surface area contributed by atoms with Gasteiger partial charge >= 0.3 is 0 Å². The standard InChI is InChI=1S/C16H17N3O/c1-16(2,3)13-9-8-10-14(19-13)17-11-6-4-5-7-12(11)18-15(10)20/h4-9H,1-3H3,(H,17,19)(H,18,20). The number of para-hydroxylation sites is 2. The number of benzene rings is 1. The molecule has 102 valence electrons. The van der Waals surface area contributed by atoms with Crippen LogP contribution >= 0.6 is 0 Å². The number of amides is 1. The molecule has 2 heterocycles. The molecule has 0 bridgehead atoms. The second-order valence-electron chi connectivity index (χ2n) is 5.97. The maximum atomic E-state index is 12.2. The minimum atomic E-state index is -0.134. The number of hydrogen-bond donors (Lipinski definition) is 2. The SMILES string of the molecule is CC(C)(C)c1ccc2c(n1)Nc1ccccc1NC2=O. The van der Waals surface area contributed by atoms with Crippen LogP contribution in [-0.2, 0) is 5.41 Å². The first-order valence-electron chi connectivity index (χ1n) is 6.64. The average molecular weight is 267 g/mol. The lowest BCUT2D eigenvalue weighted by Crippen LogP contribution is -2.16. The van der Waals surface area contributed by atoms with E-state index in [1.807, 2.05) is 36.4 Å². The summed E-state index contributed by atoms with van der Waals surface area (Å²) in [5.74, 6) is 0.477. The van der Waals surface area contributed by atoms with E-state index in [2.05, 4.69) is 36.4 Å². The van der Waals surface area contributed by atoms with E-state index in [9.17, 15) is 4.79 Å². The van der Waals surface area contributed by atoms with Crippen molar-refractivity contribution in [1.29, 1.82) is 0 Å². The van der Waals surface area contributed by atoms with Crippen molar-refractivity contribution in [2.45, 2.75) is 26.2 Å². The van der Waals surface area contributed by atoms with Crippen LogP contribution in [0.15, 0.2) is 36.4 Å². The molecule has 1 aromatic heterocycles. The van der Waals surface area contributed by atoms with Gasteiger partial charge in [0.15, 0.2) is 0 Å². The highest BCUT2D eigenvalue weighted by molar-refractivity contribution is 6.11. The number of fused-ring (bicyclic) bond motifs is 2. The molecule has 0 saturated carbocycles. The molecule has 0 saturated heterocycles. The Hall–Kier alpha value is -2.36. The molecule has 2 N–H and O–H groups in total.